The molecule has 0 N–H and O–H groups in total. The van der Waals surface area contributed by atoms with E-state index in [1.165, 1.54) is 0 Å². The lowest BCUT2D eigenvalue weighted by atomic mass is 10.1. The van der Waals surface area contributed by atoms with Crippen LogP contribution in [-0.4, -0.2) is 18.4 Å². The molecule has 114 valence electrons. The molecule has 4 nitrogen and oxygen atoms in total. The normalized spacial score (nSPS) is 20.7. The highest BCUT2D eigenvalue weighted by atomic mass is 16.7. The van der Waals surface area contributed by atoms with Crippen LogP contribution in [0.4, 0.5) is 0 Å². The Morgan fingerprint density at radius 1 is 1.00 bits per heavy atom. The number of ether oxygens (including phenoxy) is 3. The SMILES string of the molecule is CC1OC(=O)C(Cc2ccc(OCc3ccccc3)cc2)O1. The summed E-state index contributed by atoms with van der Waals surface area (Å²) in [6.45, 7) is 2.26. The summed E-state index contributed by atoms with van der Waals surface area (Å²) in [6.07, 6.45) is -0.445. The number of benzene rings is 2. The molecule has 0 bridgehead atoms. The lowest BCUT2D eigenvalue weighted by molar-refractivity contribution is -0.142. The van der Waals surface area contributed by atoms with E-state index in [-0.39, 0.29) is 5.97 Å². The molecule has 22 heavy (non-hydrogen) atoms. The highest BCUT2D eigenvalue weighted by Gasteiger charge is 2.32. The van der Waals surface area contributed by atoms with E-state index in [4.69, 9.17) is 14.2 Å². The fourth-order valence-corrected chi connectivity index (χ4v) is 2.36. The van der Waals surface area contributed by atoms with Gasteiger partial charge < -0.3 is 14.2 Å². The van der Waals surface area contributed by atoms with Crippen molar-refractivity contribution in [3.63, 3.8) is 0 Å². The highest BCUT2D eigenvalue weighted by molar-refractivity contribution is 5.76. The molecule has 0 saturated carbocycles. The van der Waals surface area contributed by atoms with Gasteiger partial charge in [0.25, 0.3) is 0 Å². The first kappa shape index (κ1) is 14.6. The van der Waals surface area contributed by atoms with Gasteiger partial charge in [-0.2, -0.15) is 0 Å². The number of carbonyl (C=O) groups excluding carboxylic acids is 1. The molecule has 0 spiro atoms. The van der Waals surface area contributed by atoms with E-state index >= 15 is 0 Å². The minimum absolute atomic E-state index is 0.295. The van der Waals surface area contributed by atoms with Crippen molar-refractivity contribution in [2.45, 2.75) is 32.3 Å². The Morgan fingerprint density at radius 2 is 1.73 bits per heavy atom. The monoisotopic (exact) mass is 298 g/mol. The Balaban J connectivity index is 1.55. The maximum Gasteiger partial charge on any atom is 0.338 e. The Kier molecular flexibility index (Phi) is 4.39. The van der Waals surface area contributed by atoms with Crippen LogP contribution in [0, 0.1) is 0 Å². The van der Waals surface area contributed by atoms with Crippen molar-refractivity contribution in [3.8, 4) is 5.75 Å². The van der Waals surface area contributed by atoms with Crippen molar-refractivity contribution in [3.05, 3.63) is 65.7 Å². The first-order valence-electron chi connectivity index (χ1n) is 7.32. The number of cyclic esters (lactones) is 1. The molecule has 1 heterocycles. The summed E-state index contributed by atoms with van der Waals surface area (Å²) in [4.78, 5) is 11.5. The van der Waals surface area contributed by atoms with Crippen LogP contribution in [0.5, 0.6) is 5.75 Å². The Bertz CT molecular complexity index is 621. The van der Waals surface area contributed by atoms with Crippen LogP contribution in [0.25, 0.3) is 0 Å². The first-order valence-corrected chi connectivity index (χ1v) is 7.32. The summed E-state index contributed by atoms with van der Waals surface area (Å²) < 4.78 is 16.1. The Hall–Kier alpha value is -2.33. The Morgan fingerprint density at radius 3 is 2.36 bits per heavy atom. The van der Waals surface area contributed by atoms with Crippen LogP contribution < -0.4 is 4.74 Å². The molecule has 0 aliphatic carbocycles. The molecule has 1 fully saturated rings. The van der Waals surface area contributed by atoms with Crippen molar-refractivity contribution in [1.82, 2.24) is 0 Å². The maximum atomic E-state index is 11.5. The molecule has 2 aromatic rings. The van der Waals surface area contributed by atoms with E-state index in [9.17, 15) is 4.79 Å². The third-order valence-electron chi connectivity index (χ3n) is 3.49. The van der Waals surface area contributed by atoms with Gasteiger partial charge in [-0.15, -0.1) is 0 Å². The summed E-state index contributed by atoms with van der Waals surface area (Å²) in [5.41, 5.74) is 2.14. The maximum absolute atomic E-state index is 11.5. The van der Waals surface area contributed by atoms with Crippen molar-refractivity contribution in [2.24, 2.45) is 0 Å². The predicted octanol–water partition coefficient (Wildman–Crippen LogP) is 3.10. The van der Waals surface area contributed by atoms with E-state index in [1.807, 2.05) is 54.6 Å². The molecule has 2 aromatic carbocycles. The molecule has 4 heteroatoms. The first-order chi connectivity index (χ1) is 10.7. The van der Waals surface area contributed by atoms with Gasteiger partial charge >= 0.3 is 5.97 Å². The lowest BCUT2D eigenvalue weighted by Gasteiger charge is -2.09. The van der Waals surface area contributed by atoms with Crippen molar-refractivity contribution in [1.29, 1.82) is 0 Å². The molecule has 3 rings (SSSR count). The van der Waals surface area contributed by atoms with Gasteiger partial charge in [-0.3, -0.25) is 0 Å². The number of rotatable bonds is 5. The zero-order chi connectivity index (χ0) is 15.4. The zero-order valence-corrected chi connectivity index (χ0v) is 12.4. The van der Waals surface area contributed by atoms with Gasteiger partial charge in [-0.25, -0.2) is 4.79 Å². The Labute approximate surface area is 129 Å². The quantitative estimate of drug-likeness (QED) is 0.796. The summed E-state index contributed by atoms with van der Waals surface area (Å²) in [5, 5.41) is 0. The average Bonchev–Trinajstić information content (AvgIpc) is 2.85. The van der Waals surface area contributed by atoms with Crippen molar-refractivity contribution in [2.75, 3.05) is 0 Å². The molecular weight excluding hydrogens is 280 g/mol. The molecule has 1 aliphatic heterocycles. The van der Waals surface area contributed by atoms with Gasteiger partial charge in [-0.05, 0) is 30.2 Å². The van der Waals surface area contributed by atoms with E-state index in [0.717, 1.165) is 16.9 Å². The summed E-state index contributed by atoms with van der Waals surface area (Å²) in [5.74, 6) is 0.507. The second-order valence-corrected chi connectivity index (χ2v) is 5.25. The minimum Gasteiger partial charge on any atom is -0.489 e. The molecule has 2 atom stereocenters. The molecule has 0 aromatic heterocycles. The van der Waals surface area contributed by atoms with Crippen molar-refractivity contribution < 1.29 is 19.0 Å². The third-order valence-corrected chi connectivity index (χ3v) is 3.49. The van der Waals surface area contributed by atoms with Crippen molar-refractivity contribution >= 4 is 5.97 Å². The van der Waals surface area contributed by atoms with Crippen LogP contribution in [0.3, 0.4) is 0 Å². The lowest BCUT2D eigenvalue weighted by Crippen LogP contribution is -2.19. The van der Waals surface area contributed by atoms with Crippen LogP contribution in [0.2, 0.25) is 0 Å². The predicted molar refractivity (Wildman–Crippen MR) is 81.3 cm³/mol. The van der Waals surface area contributed by atoms with E-state index in [0.29, 0.717) is 13.0 Å². The minimum atomic E-state index is -0.508. The second-order valence-electron chi connectivity index (χ2n) is 5.25. The molecule has 1 aliphatic rings. The summed E-state index contributed by atoms with van der Waals surface area (Å²) >= 11 is 0. The summed E-state index contributed by atoms with van der Waals surface area (Å²) in [7, 11) is 0. The van der Waals surface area contributed by atoms with Crippen LogP contribution in [-0.2, 0) is 27.3 Å². The highest BCUT2D eigenvalue weighted by Crippen LogP contribution is 2.20. The third kappa shape index (κ3) is 3.65. The van der Waals surface area contributed by atoms with Gasteiger partial charge in [0, 0.05) is 6.42 Å². The van der Waals surface area contributed by atoms with Gasteiger partial charge in [-0.1, -0.05) is 42.5 Å². The van der Waals surface area contributed by atoms with Crippen LogP contribution in [0.1, 0.15) is 18.1 Å². The van der Waals surface area contributed by atoms with E-state index in [1.54, 1.807) is 6.92 Å². The topological polar surface area (TPSA) is 44.8 Å². The smallest absolute Gasteiger partial charge is 0.338 e. The number of carbonyl (C=O) groups is 1. The number of hydrogen-bond donors (Lipinski definition) is 0. The molecule has 0 amide bonds. The fraction of sp³-hybridized carbons (Fsp3) is 0.278. The van der Waals surface area contributed by atoms with Gasteiger partial charge in [0.1, 0.15) is 12.4 Å². The summed E-state index contributed by atoms with van der Waals surface area (Å²) in [6, 6.07) is 17.7. The second kappa shape index (κ2) is 6.62. The number of esters is 1. The molecule has 0 radical (unpaired) electrons. The van der Waals surface area contributed by atoms with Crippen LogP contribution >= 0.6 is 0 Å². The largest absolute Gasteiger partial charge is 0.489 e. The average molecular weight is 298 g/mol. The standard InChI is InChI=1S/C18H18O4/c1-13-21-17(18(19)22-13)11-14-7-9-16(10-8-14)20-12-15-5-3-2-4-6-15/h2-10,13,17H,11-12H2,1H3. The number of hydrogen-bond acceptors (Lipinski definition) is 4. The van der Waals surface area contributed by atoms with Gasteiger partial charge in [0.05, 0.1) is 0 Å². The molecule has 2 unspecified atom stereocenters. The van der Waals surface area contributed by atoms with E-state index < -0.39 is 12.4 Å². The van der Waals surface area contributed by atoms with E-state index in [2.05, 4.69) is 0 Å². The molecular formula is C18H18O4. The fourth-order valence-electron chi connectivity index (χ4n) is 2.36. The zero-order valence-electron chi connectivity index (χ0n) is 12.4. The van der Waals surface area contributed by atoms with Gasteiger partial charge in [0.2, 0.25) is 6.29 Å². The van der Waals surface area contributed by atoms with Crippen LogP contribution in [0.15, 0.2) is 54.6 Å². The molecule has 1 saturated heterocycles. The van der Waals surface area contributed by atoms with Gasteiger partial charge in [0.15, 0.2) is 6.10 Å².